The zero-order valence-electron chi connectivity index (χ0n) is 14.1. The first-order valence-electron chi connectivity index (χ1n) is 7.29. The molecule has 7 heteroatoms. The molecule has 130 valence electrons. The number of aryl methyl sites for hydroxylation is 1. The van der Waals surface area contributed by atoms with Crippen molar-refractivity contribution in [2.75, 3.05) is 21.3 Å². The van der Waals surface area contributed by atoms with Crippen LogP contribution in [0.15, 0.2) is 40.9 Å². The van der Waals surface area contributed by atoms with Gasteiger partial charge in [-0.25, -0.2) is 0 Å². The third-order valence-electron chi connectivity index (χ3n) is 3.62. The van der Waals surface area contributed by atoms with Crippen molar-refractivity contribution in [1.82, 2.24) is 0 Å². The van der Waals surface area contributed by atoms with E-state index >= 15 is 0 Å². The minimum Gasteiger partial charge on any atom is -0.488 e. The quantitative estimate of drug-likeness (QED) is 0.619. The molecule has 0 N–H and O–H groups in total. The molecule has 0 bridgehead atoms. The van der Waals surface area contributed by atoms with Crippen molar-refractivity contribution in [3.05, 3.63) is 57.0 Å². The van der Waals surface area contributed by atoms with Crippen LogP contribution in [0.1, 0.15) is 11.1 Å². The highest BCUT2D eigenvalue weighted by atomic mass is 79.9. The fourth-order valence-corrected chi connectivity index (χ4v) is 5.47. The molecule has 0 aromatic heterocycles. The topological polar surface area (TPSA) is 36.9 Å². The van der Waals surface area contributed by atoms with Crippen molar-refractivity contribution >= 4 is 41.5 Å². The maximum Gasteiger partial charge on any atom is 0.540 e. The summed E-state index contributed by atoms with van der Waals surface area (Å²) < 4.78 is 23.7. The summed E-state index contributed by atoms with van der Waals surface area (Å²) in [6.07, 6.45) is 0. The largest absolute Gasteiger partial charge is 0.540 e. The number of ether oxygens (including phenoxy) is 1. The Labute approximate surface area is 157 Å². The van der Waals surface area contributed by atoms with E-state index in [4.69, 9.17) is 29.6 Å². The van der Waals surface area contributed by atoms with Gasteiger partial charge in [0, 0.05) is 26.4 Å². The Morgan fingerprint density at radius 1 is 1.00 bits per heavy atom. The van der Waals surface area contributed by atoms with Crippen LogP contribution < -0.4 is 9.92 Å². The molecule has 0 heterocycles. The Hall–Kier alpha value is -0.893. The maximum atomic E-state index is 6.07. The molecule has 24 heavy (non-hydrogen) atoms. The minimum absolute atomic E-state index is 0.396. The Morgan fingerprint density at radius 3 is 2.12 bits per heavy atom. The van der Waals surface area contributed by atoms with Gasteiger partial charge in [-0.1, -0.05) is 23.7 Å². The SMILES string of the molecule is CO[Si](OC)(OC)c1cc(C)cc(Br)c1OCc1ccc(Cl)cc1. The van der Waals surface area contributed by atoms with Gasteiger partial charge in [0.05, 0.1) is 9.66 Å². The van der Waals surface area contributed by atoms with Crippen LogP contribution in [0.2, 0.25) is 5.02 Å². The summed E-state index contributed by atoms with van der Waals surface area (Å²) >= 11 is 9.49. The highest BCUT2D eigenvalue weighted by Crippen LogP contribution is 2.28. The summed E-state index contributed by atoms with van der Waals surface area (Å²) in [6.45, 7) is 2.39. The van der Waals surface area contributed by atoms with Crippen LogP contribution >= 0.6 is 27.5 Å². The van der Waals surface area contributed by atoms with Crippen molar-refractivity contribution < 1.29 is 18.0 Å². The summed E-state index contributed by atoms with van der Waals surface area (Å²) in [4.78, 5) is 0. The third kappa shape index (κ3) is 4.19. The monoisotopic (exact) mass is 430 g/mol. The summed E-state index contributed by atoms with van der Waals surface area (Å²) in [6, 6.07) is 11.5. The standard InChI is InChI=1S/C17H20BrClO4Si/c1-12-9-15(18)17(16(10-12)24(20-2,21-3)22-4)23-11-13-5-7-14(19)8-6-13/h5-10H,11H2,1-4H3. The predicted octanol–water partition coefficient (Wildman–Crippen LogP) is 4.08. The zero-order valence-corrected chi connectivity index (χ0v) is 17.4. The molecule has 0 fully saturated rings. The van der Waals surface area contributed by atoms with E-state index in [1.807, 2.05) is 43.3 Å². The number of benzene rings is 2. The summed E-state index contributed by atoms with van der Waals surface area (Å²) in [7, 11) is 1.72. The van der Waals surface area contributed by atoms with Crippen molar-refractivity contribution in [2.24, 2.45) is 0 Å². The molecule has 0 saturated carbocycles. The van der Waals surface area contributed by atoms with Crippen LogP contribution in [0.3, 0.4) is 0 Å². The molecule has 0 spiro atoms. The molecule has 0 unspecified atom stereocenters. The van der Waals surface area contributed by atoms with Gasteiger partial charge in [0.15, 0.2) is 0 Å². The maximum absolute atomic E-state index is 6.07. The van der Waals surface area contributed by atoms with E-state index in [1.54, 1.807) is 21.3 Å². The third-order valence-corrected chi connectivity index (χ3v) is 7.10. The lowest BCUT2D eigenvalue weighted by molar-refractivity contribution is 0.139. The van der Waals surface area contributed by atoms with Crippen LogP contribution in [0.4, 0.5) is 0 Å². The lowest BCUT2D eigenvalue weighted by Gasteiger charge is -2.27. The number of halogens is 2. The minimum atomic E-state index is -3.02. The van der Waals surface area contributed by atoms with E-state index in [9.17, 15) is 0 Å². The average Bonchev–Trinajstić information content (AvgIpc) is 2.57. The zero-order chi connectivity index (χ0) is 17.7. The second-order valence-electron chi connectivity index (χ2n) is 5.21. The predicted molar refractivity (Wildman–Crippen MR) is 101 cm³/mol. The van der Waals surface area contributed by atoms with Crippen molar-refractivity contribution in [1.29, 1.82) is 0 Å². The Kier molecular flexibility index (Phi) is 6.85. The van der Waals surface area contributed by atoms with E-state index < -0.39 is 8.80 Å². The Bertz CT molecular complexity index is 681. The Balaban J connectivity index is 2.39. The van der Waals surface area contributed by atoms with Gasteiger partial charge in [-0.15, -0.1) is 0 Å². The second kappa shape index (κ2) is 8.47. The van der Waals surface area contributed by atoms with Gasteiger partial charge in [-0.05, 0) is 58.2 Å². The van der Waals surface area contributed by atoms with E-state index in [1.165, 1.54) is 0 Å². The molecular formula is C17H20BrClO4Si. The molecule has 2 rings (SSSR count). The fourth-order valence-electron chi connectivity index (χ4n) is 2.42. The number of rotatable bonds is 7. The molecule has 2 aromatic carbocycles. The summed E-state index contributed by atoms with van der Waals surface area (Å²) in [5, 5.41) is 1.48. The molecule has 0 aliphatic heterocycles. The van der Waals surface area contributed by atoms with Gasteiger partial charge in [0.2, 0.25) is 0 Å². The van der Waals surface area contributed by atoms with Gasteiger partial charge >= 0.3 is 8.80 Å². The summed E-state index contributed by atoms with van der Waals surface area (Å²) in [5.41, 5.74) is 2.07. The van der Waals surface area contributed by atoms with Crippen molar-refractivity contribution in [3.63, 3.8) is 0 Å². The molecule has 0 aliphatic rings. The lowest BCUT2D eigenvalue weighted by Crippen LogP contribution is -2.55. The number of hydrogen-bond acceptors (Lipinski definition) is 4. The van der Waals surface area contributed by atoms with Crippen LogP contribution in [0.25, 0.3) is 0 Å². The highest BCUT2D eigenvalue weighted by Gasteiger charge is 2.44. The van der Waals surface area contributed by atoms with E-state index in [-0.39, 0.29) is 0 Å². The molecule has 0 amide bonds. The van der Waals surface area contributed by atoms with Crippen LogP contribution in [0, 0.1) is 6.92 Å². The molecule has 4 nitrogen and oxygen atoms in total. The molecule has 0 radical (unpaired) electrons. The van der Waals surface area contributed by atoms with E-state index in [0.29, 0.717) is 17.4 Å². The van der Waals surface area contributed by atoms with Gasteiger partial charge in [-0.2, -0.15) is 0 Å². The van der Waals surface area contributed by atoms with Crippen LogP contribution in [-0.4, -0.2) is 30.1 Å². The van der Waals surface area contributed by atoms with Gasteiger partial charge < -0.3 is 18.0 Å². The van der Waals surface area contributed by atoms with Gasteiger partial charge in [-0.3, -0.25) is 0 Å². The molecular weight excluding hydrogens is 412 g/mol. The molecule has 2 aromatic rings. The van der Waals surface area contributed by atoms with Crippen molar-refractivity contribution in [2.45, 2.75) is 13.5 Å². The fraction of sp³-hybridized carbons (Fsp3) is 0.294. The first-order chi connectivity index (χ1) is 11.5. The normalized spacial score (nSPS) is 11.6. The average molecular weight is 432 g/mol. The van der Waals surface area contributed by atoms with E-state index in [0.717, 1.165) is 20.8 Å². The number of hydrogen-bond donors (Lipinski definition) is 0. The summed E-state index contributed by atoms with van der Waals surface area (Å²) in [5.74, 6) is 0.660. The molecule has 0 aliphatic carbocycles. The smallest absolute Gasteiger partial charge is 0.488 e. The highest BCUT2D eigenvalue weighted by molar-refractivity contribution is 9.10. The Morgan fingerprint density at radius 2 is 1.58 bits per heavy atom. The van der Waals surface area contributed by atoms with Crippen LogP contribution in [0.5, 0.6) is 5.75 Å². The van der Waals surface area contributed by atoms with Gasteiger partial charge in [0.1, 0.15) is 12.4 Å². The van der Waals surface area contributed by atoms with Crippen LogP contribution in [-0.2, 0) is 19.9 Å². The molecule has 0 atom stereocenters. The first-order valence-corrected chi connectivity index (χ1v) is 10.2. The molecule has 0 saturated heterocycles. The first kappa shape index (κ1) is 19.4. The van der Waals surface area contributed by atoms with Gasteiger partial charge in [0.25, 0.3) is 0 Å². The van der Waals surface area contributed by atoms with Crippen molar-refractivity contribution in [3.8, 4) is 5.75 Å². The van der Waals surface area contributed by atoms with E-state index in [2.05, 4.69) is 15.9 Å². The lowest BCUT2D eigenvalue weighted by atomic mass is 10.2. The second-order valence-corrected chi connectivity index (χ2v) is 9.37.